The predicted octanol–water partition coefficient (Wildman–Crippen LogP) is 3.54. The van der Waals surface area contributed by atoms with Crippen LogP contribution in [-0.2, 0) is 14.8 Å². The minimum atomic E-state index is -3.60. The van der Waals surface area contributed by atoms with Crippen molar-refractivity contribution in [2.45, 2.75) is 25.7 Å². The van der Waals surface area contributed by atoms with E-state index < -0.39 is 22.6 Å². The molecule has 2 aromatic carbocycles. The molecule has 29 heavy (non-hydrogen) atoms. The number of rotatable bonds is 7. The maximum absolute atomic E-state index is 12.8. The molecule has 0 amide bonds. The molecule has 0 aromatic heterocycles. The van der Waals surface area contributed by atoms with E-state index in [-0.39, 0.29) is 10.6 Å². The third-order valence-electron chi connectivity index (χ3n) is 4.18. The minimum Gasteiger partial charge on any atom is -0.481 e. The number of sulfonamides is 1. The van der Waals surface area contributed by atoms with Gasteiger partial charge < -0.3 is 9.84 Å². The first-order chi connectivity index (χ1) is 13.7. The number of halogens is 1. The van der Waals surface area contributed by atoms with E-state index in [1.165, 1.54) is 10.4 Å². The van der Waals surface area contributed by atoms with Crippen LogP contribution >= 0.6 is 11.6 Å². The van der Waals surface area contributed by atoms with E-state index in [0.29, 0.717) is 29.2 Å². The fourth-order valence-corrected chi connectivity index (χ4v) is 4.27. The Labute approximate surface area is 176 Å². The first-order valence-electron chi connectivity index (χ1n) is 8.96. The normalized spacial score (nSPS) is 11.1. The fourth-order valence-electron chi connectivity index (χ4n) is 2.61. The van der Waals surface area contributed by atoms with Crippen molar-refractivity contribution in [1.29, 1.82) is 0 Å². The van der Waals surface area contributed by atoms with Gasteiger partial charge in [0.05, 0.1) is 10.5 Å². The fraction of sp³-hybridized carbons (Fsp3) is 0.286. The van der Waals surface area contributed by atoms with Crippen LogP contribution in [-0.4, -0.2) is 43.5 Å². The third kappa shape index (κ3) is 5.73. The highest BCUT2D eigenvalue weighted by Gasteiger charge is 2.22. The molecule has 0 saturated heterocycles. The van der Waals surface area contributed by atoms with Crippen LogP contribution in [0.25, 0.3) is 0 Å². The Morgan fingerprint density at radius 1 is 1.10 bits per heavy atom. The summed E-state index contributed by atoms with van der Waals surface area (Å²) < 4.78 is 32.2. The molecule has 0 aliphatic carbocycles. The molecule has 2 aromatic rings. The van der Waals surface area contributed by atoms with Crippen molar-refractivity contribution in [3.05, 3.63) is 58.1 Å². The van der Waals surface area contributed by atoms with Gasteiger partial charge in [0.1, 0.15) is 5.75 Å². The Morgan fingerprint density at radius 3 is 2.38 bits per heavy atom. The molecule has 0 saturated carbocycles. The van der Waals surface area contributed by atoms with Crippen LogP contribution in [0.15, 0.2) is 41.3 Å². The van der Waals surface area contributed by atoms with E-state index in [2.05, 4.69) is 11.8 Å². The number of aliphatic carboxylic acids is 1. The molecule has 0 heterocycles. The van der Waals surface area contributed by atoms with Gasteiger partial charge in [-0.25, -0.2) is 13.2 Å². The van der Waals surface area contributed by atoms with Gasteiger partial charge in [-0.3, -0.25) is 0 Å². The first-order valence-corrected chi connectivity index (χ1v) is 10.8. The monoisotopic (exact) mass is 435 g/mol. The Hall–Kier alpha value is -2.53. The Bertz CT molecular complexity index is 1070. The SMILES string of the molecule is CCN(CC)S(=O)(=O)c1ccc(C)c(C#Cc2cc(Cl)ccc2OCC(=O)O)c1. The van der Waals surface area contributed by atoms with E-state index >= 15 is 0 Å². The van der Waals surface area contributed by atoms with Crippen molar-refractivity contribution in [2.24, 2.45) is 0 Å². The second-order valence-corrected chi connectivity index (χ2v) is 8.51. The average Bonchev–Trinajstić information content (AvgIpc) is 2.67. The van der Waals surface area contributed by atoms with Crippen LogP contribution in [0.1, 0.15) is 30.5 Å². The number of carboxylic acid groups (broad SMARTS) is 1. The van der Waals surface area contributed by atoms with E-state index in [1.807, 2.05) is 6.92 Å². The zero-order valence-electron chi connectivity index (χ0n) is 16.4. The van der Waals surface area contributed by atoms with Crippen LogP contribution in [0.3, 0.4) is 0 Å². The summed E-state index contributed by atoms with van der Waals surface area (Å²) >= 11 is 6.02. The Kier molecular flexibility index (Phi) is 7.68. The minimum absolute atomic E-state index is 0.171. The quantitative estimate of drug-likeness (QED) is 0.672. The lowest BCUT2D eigenvalue weighted by atomic mass is 10.1. The summed E-state index contributed by atoms with van der Waals surface area (Å²) in [7, 11) is -3.60. The number of aryl methyl sites for hydroxylation is 1. The van der Waals surface area contributed by atoms with Crippen LogP contribution in [0.5, 0.6) is 5.75 Å². The molecule has 0 fully saturated rings. The van der Waals surface area contributed by atoms with Gasteiger partial charge in [0.25, 0.3) is 0 Å². The highest BCUT2D eigenvalue weighted by molar-refractivity contribution is 7.89. The molecule has 2 rings (SSSR count). The van der Waals surface area contributed by atoms with Gasteiger partial charge >= 0.3 is 5.97 Å². The highest BCUT2D eigenvalue weighted by Crippen LogP contribution is 2.23. The maximum atomic E-state index is 12.8. The smallest absolute Gasteiger partial charge is 0.341 e. The number of carbonyl (C=O) groups is 1. The lowest BCUT2D eigenvalue weighted by Crippen LogP contribution is -2.30. The van der Waals surface area contributed by atoms with E-state index in [0.717, 1.165) is 5.56 Å². The molecular formula is C21H22ClNO5S. The molecular weight excluding hydrogens is 414 g/mol. The third-order valence-corrected chi connectivity index (χ3v) is 6.46. The molecule has 0 aliphatic heterocycles. The summed E-state index contributed by atoms with van der Waals surface area (Å²) in [4.78, 5) is 10.9. The molecule has 154 valence electrons. The Morgan fingerprint density at radius 2 is 1.76 bits per heavy atom. The molecule has 0 atom stereocenters. The van der Waals surface area contributed by atoms with Gasteiger partial charge in [0.15, 0.2) is 6.61 Å². The van der Waals surface area contributed by atoms with E-state index in [1.54, 1.807) is 44.2 Å². The van der Waals surface area contributed by atoms with Crippen molar-refractivity contribution in [3.8, 4) is 17.6 Å². The second kappa shape index (κ2) is 9.79. The van der Waals surface area contributed by atoms with Gasteiger partial charge in [-0.15, -0.1) is 0 Å². The van der Waals surface area contributed by atoms with Crippen molar-refractivity contribution >= 4 is 27.6 Å². The van der Waals surface area contributed by atoms with Crippen LogP contribution < -0.4 is 4.74 Å². The van der Waals surface area contributed by atoms with Crippen LogP contribution in [0.2, 0.25) is 5.02 Å². The summed E-state index contributed by atoms with van der Waals surface area (Å²) in [5, 5.41) is 9.23. The molecule has 0 aliphatic rings. The second-order valence-electron chi connectivity index (χ2n) is 6.14. The van der Waals surface area contributed by atoms with Gasteiger partial charge in [-0.05, 0) is 42.8 Å². The summed E-state index contributed by atoms with van der Waals surface area (Å²) in [6.07, 6.45) is 0. The zero-order chi connectivity index (χ0) is 21.6. The van der Waals surface area contributed by atoms with E-state index in [9.17, 15) is 13.2 Å². The topological polar surface area (TPSA) is 83.9 Å². The van der Waals surface area contributed by atoms with Crippen LogP contribution in [0, 0.1) is 18.8 Å². The van der Waals surface area contributed by atoms with Crippen molar-refractivity contribution in [2.75, 3.05) is 19.7 Å². The largest absolute Gasteiger partial charge is 0.481 e. The summed E-state index contributed by atoms with van der Waals surface area (Å²) in [6.45, 7) is 5.65. The average molecular weight is 436 g/mol. The number of ether oxygens (including phenoxy) is 1. The van der Waals surface area contributed by atoms with Crippen molar-refractivity contribution < 1.29 is 23.1 Å². The number of nitrogens with zero attached hydrogens (tertiary/aromatic N) is 1. The van der Waals surface area contributed by atoms with Crippen LogP contribution in [0.4, 0.5) is 0 Å². The summed E-state index contributed by atoms with van der Waals surface area (Å²) in [6, 6.07) is 9.50. The maximum Gasteiger partial charge on any atom is 0.341 e. The molecule has 0 unspecified atom stereocenters. The summed E-state index contributed by atoms with van der Waals surface area (Å²) in [5.74, 6) is 5.04. The standard InChI is InChI=1S/C21H22ClNO5S/c1-4-23(5-2)29(26,27)19-10-6-15(3)16(13-19)7-8-17-12-18(22)9-11-20(17)28-14-21(24)25/h6,9-13H,4-5,14H2,1-3H3,(H,24,25). The van der Waals surface area contributed by atoms with Gasteiger partial charge in [0.2, 0.25) is 10.0 Å². The van der Waals surface area contributed by atoms with Gasteiger partial charge in [0, 0.05) is 23.7 Å². The molecule has 0 radical (unpaired) electrons. The Balaban J connectivity index is 2.46. The van der Waals surface area contributed by atoms with Gasteiger partial charge in [-0.2, -0.15) is 4.31 Å². The molecule has 0 spiro atoms. The zero-order valence-corrected chi connectivity index (χ0v) is 18.0. The molecule has 8 heteroatoms. The lowest BCUT2D eigenvalue weighted by molar-refractivity contribution is -0.139. The predicted molar refractivity (Wildman–Crippen MR) is 112 cm³/mol. The number of hydrogen-bond acceptors (Lipinski definition) is 4. The number of carboxylic acids is 1. The lowest BCUT2D eigenvalue weighted by Gasteiger charge is -2.18. The molecule has 1 N–H and O–H groups in total. The first kappa shape index (κ1) is 22.8. The molecule has 0 bridgehead atoms. The van der Waals surface area contributed by atoms with Crippen molar-refractivity contribution in [1.82, 2.24) is 4.31 Å². The number of benzene rings is 2. The highest BCUT2D eigenvalue weighted by atomic mass is 35.5. The van der Waals surface area contributed by atoms with Gasteiger partial charge in [-0.1, -0.05) is 43.4 Å². The molecule has 6 nitrogen and oxygen atoms in total. The number of hydrogen-bond donors (Lipinski definition) is 1. The summed E-state index contributed by atoms with van der Waals surface area (Å²) in [5.41, 5.74) is 1.77. The van der Waals surface area contributed by atoms with E-state index in [4.69, 9.17) is 21.4 Å². The van der Waals surface area contributed by atoms with Crippen molar-refractivity contribution in [3.63, 3.8) is 0 Å².